The van der Waals surface area contributed by atoms with Crippen molar-refractivity contribution in [1.29, 1.82) is 0 Å². The third-order valence-electron chi connectivity index (χ3n) is 2.70. The molecule has 2 aromatic rings. The molecule has 2 nitrogen and oxygen atoms in total. The molecule has 0 radical (unpaired) electrons. The lowest BCUT2D eigenvalue weighted by Gasteiger charge is -2.13. The summed E-state index contributed by atoms with van der Waals surface area (Å²) in [5.74, 6) is 0.470. The van der Waals surface area contributed by atoms with Crippen LogP contribution in [-0.4, -0.2) is 0 Å². The monoisotopic (exact) mass is 301 g/mol. The summed E-state index contributed by atoms with van der Waals surface area (Å²) in [6, 6.07) is 8.27. The van der Waals surface area contributed by atoms with Crippen LogP contribution in [0.3, 0.4) is 0 Å². The van der Waals surface area contributed by atoms with Gasteiger partial charge >= 0.3 is 6.18 Å². The van der Waals surface area contributed by atoms with Crippen LogP contribution in [-0.2, 0) is 6.18 Å². The molecule has 0 aliphatic rings. The second-order valence-electron chi connectivity index (χ2n) is 4.26. The molecule has 6 heteroatoms. The van der Waals surface area contributed by atoms with E-state index in [0.29, 0.717) is 10.8 Å². The predicted molar refractivity (Wildman–Crippen MR) is 72.1 cm³/mol. The van der Waals surface area contributed by atoms with Crippen LogP contribution in [0.5, 0.6) is 11.5 Å². The van der Waals surface area contributed by atoms with E-state index in [4.69, 9.17) is 22.1 Å². The van der Waals surface area contributed by atoms with Gasteiger partial charge in [-0.05, 0) is 48.9 Å². The molecule has 0 fully saturated rings. The zero-order chi connectivity index (χ0) is 14.9. The van der Waals surface area contributed by atoms with Gasteiger partial charge in [0.25, 0.3) is 0 Å². The lowest BCUT2D eigenvalue weighted by Crippen LogP contribution is -2.08. The first kappa shape index (κ1) is 14.5. The van der Waals surface area contributed by atoms with Gasteiger partial charge in [-0.2, -0.15) is 13.2 Å². The van der Waals surface area contributed by atoms with Crippen LogP contribution in [0.4, 0.5) is 18.9 Å². The molecule has 0 spiro atoms. The number of nitrogen functional groups attached to an aromatic ring is 1. The van der Waals surface area contributed by atoms with Crippen molar-refractivity contribution >= 4 is 17.3 Å². The highest BCUT2D eigenvalue weighted by Gasteiger charge is 2.33. The van der Waals surface area contributed by atoms with Crippen molar-refractivity contribution in [1.82, 2.24) is 0 Å². The van der Waals surface area contributed by atoms with Gasteiger partial charge in [0.1, 0.15) is 11.5 Å². The van der Waals surface area contributed by atoms with Gasteiger partial charge in [0.2, 0.25) is 0 Å². The molecule has 0 saturated heterocycles. The highest BCUT2D eigenvalue weighted by molar-refractivity contribution is 6.31. The molecule has 0 amide bonds. The minimum absolute atomic E-state index is 0.0632. The van der Waals surface area contributed by atoms with Crippen molar-refractivity contribution in [3.8, 4) is 11.5 Å². The van der Waals surface area contributed by atoms with Crippen LogP contribution >= 0.6 is 11.6 Å². The number of rotatable bonds is 2. The van der Waals surface area contributed by atoms with Crippen LogP contribution in [0, 0.1) is 6.92 Å². The second-order valence-corrected chi connectivity index (χ2v) is 4.67. The largest absolute Gasteiger partial charge is 0.457 e. The molecule has 0 saturated carbocycles. The number of halogens is 4. The number of alkyl halides is 3. The Bertz CT molecular complexity index is 641. The van der Waals surface area contributed by atoms with E-state index in [1.54, 1.807) is 25.1 Å². The zero-order valence-electron chi connectivity index (χ0n) is 10.5. The highest BCUT2D eigenvalue weighted by Crippen LogP contribution is 2.37. The number of ether oxygens (including phenoxy) is 1. The molecule has 106 valence electrons. The Hall–Kier alpha value is -1.88. The fourth-order valence-electron chi connectivity index (χ4n) is 1.66. The molecular formula is C14H11ClF3NO. The summed E-state index contributed by atoms with van der Waals surface area (Å²) >= 11 is 5.87. The lowest BCUT2D eigenvalue weighted by molar-refractivity contribution is -0.137. The van der Waals surface area contributed by atoms with Gasteiger partial charge in [-0.25, -0.2) is 0 Å². The first-order valence-electron chi connectivity index (χ1n) is 5.68. The summed E-state index contributed by atoms with van der Waals surface area (Å²) in [5.41, 5.74) is 4.84. The summed E-state index contributed by atoms with van der Waals surface area (Å²) in [4.78, 5) is 0. The molecular weight excluding hydrogens is 291 g/mol. The molecule has 0 aliphatic heterocycles. The molecule has 2 N–H and O–H groups in total. The van der Waals surface area contributed by atoms with E-state index >= 15 is 0 Å². The van der Waals surface area contributed by atoms with Crippen LogP contribution in [0.1, 0.15) is 11.1 Å². The van der Waals surface area contributed by atoms with Crippen LogP contribution in [0.25, 0.3) is 0 Å². The standard InChI is InChI=1S/C14H11ClF3NO/c1-8-6-9(2-4-12(8)15)20-10-3-5-13(19)11(7-10)14(16,17)18/h2-7H,19H2,1H3. The third kappa shape index (κ3) is 3.17. The van der Waals surface area contributed by atoms with E-state index in [0.717, 1.165) is 11.6 Å². The molecule has 0 aliphatic carbocycles. The van der Waals surface area contributed by atoms with Crippen LogP contribution in [0.15, 0.2) is 36.4 Å². The zero-order valence-corrected chi connectivity index (χ0v) is 11.2. The molecule has 2 aromatic carbocycles. The van der Waals surface area contributed by atoms with Gasteiger partial charge in [-0.3, -0.25) is 0 Å². The predicted octanol–water partition coefficient (Wildman–Crippen LogP) is 5.04. The van der Waals surface area contributed by atoms with Crippen molar-refractivity contribution in [3.63, 3.8) is 0 Å². The average Bonchev–Trinajstić information content (AvgIpc) is 2.35. The maximum atomic E-state index is 12.7. The van der Waals surface area contributed by atoms with Gasteiger partial charge in [0.15, 0.2) is 0 Å². The number of hydrogen-bond donors (Lipinski definition) is 1. The Morgan fingerprint density at radius 3 is 2.25 bits per heavy atom. The Kier molecular flexibility index (Phi) is 3.81. The number of nitrogens with two attached hydrogens (primary N) is 1. The SMILES string of the molecule is Cc1cc(Oc2ccc(N)c(C(F)(F)F)c2)ccc1Cl. The normalized spacial score (nSPS) is 11.4. The maximum absolute atomic E-state index is 12.7. The number of aryl methyl sites for hydroxylation is 1. The first-order chi connectivity index (χ1) is 9.27. The number of anilines is 1. The van der Waals surface area contributed by atoms with Gasteiger partial charge in [-0.1, -0.05) is 11.6 Å². The van der Waals surface area contributed by atoms with E-state index in [2.05, 4.69) is 0 Å². The summed E-state index contributed by atoms with van der Waals surface area (Å²) in [7, 11) is 0. The van der Waals surface area contributed by atoms with E-state index in [9.17, 15) is 13.2 Å². The average molecular weight is 302 g/mol. The third-order valence-corrected chi connectivity index (χ3v) is 3.12. The molecule has 0 bridgehead atoms. The molecule has 0 unspecified atom stereocenters. The minimum Gasteiger partial charge on any atom is -0.457 e. The molecule has 0 aromatic heterocycles. The van der Waals surface area contributed by atoms with E-state index < -0.39 is 11.7 Å². The molecule has 20 heavy (non-hydrogen) atoms. The smallest absolute Gasteiger partial charge is 0.418 e. The topological polar surface area (TPSA) is 35.2 Å². The molecule has 0 atom stereocenters. The van der Waals surface area contributed by atoms with Crippen molar-refractivity contribution in [3.05, 3.63) is 52.5 Å². The quantitative estimate of drug-likeness (QED) is 0.789. The Morgan fingerprint density at radius 2 is 1.65 bits per heavy atom. The van der Waals surface area contributed by atoms with E-state index in [-0.39, 0.29) is 11.4 Å². The van der Waals surface area contributed by atoms with E-state index in [1.165, 1.54) is 12.1 Å². The highest BCUT2D eigenvalue weighted by atomic mass is 35.5. The fraction of sp³-hybridized carbons (Fsp3) is 0.143. The van der Waals surface area contributed by atoms with Gasteiger partial charge < -0.3 is 10.5 Å². The van der Waals surface area contributed by atoms with Crippen molar-refractivity contribution in [2.45, 2.75) is 13.1 Å². The number of hydrogen-bond acceptors (Lipinski definition) is 2. The van der Waals surface area contributed by atoms with E-state index in [1.807, 2.05) is 0 Å². The van der Waals surface area contributed by atoms with Crippen molar-refractivity contribution in [2.24, 2.45) is 0 Å². The molecule has 0 heterocycles. The van der Waals surface area contributed by atoms with Crippen molar-refractivity contribution < 1.29 is 17.9 Å². The maximum Gasteiger partial charge on any atom is 0.418 e. The van der Waals surface area contributed by atoms with Crippen LogP contribution in [0.2, 0.25) is 5.02 Å². The number of benzene rings is 2. The minimum atomic E-state index is -4.51. The van der Waals surface area contributed by atoms with Crippen molar-refractivity contribution in [2.75, 3.05) is 5.73 Å². The first-order valence-corrected chi connectivity index (χ1v) is 6.06. The van der Waals surface area contributed by atoms with Gasteiger partial charge in [0.05, 0.1) is 5.56 Å². The molecule has 2 rings (SSSR count). The summed E-state index contributed by atoms with van der Waals surface area (Å²) in [5, 5.41) is 0.561. The van der Waals surface area contributed by atoms with Crippen LogP contribution < -0.4 is 10.5 Å². The fourth-order valence-corrected chi connectivity index (χ4v) is 1.78. The summed E-state index contributed by atoms with van der Waals surface area (Å²) in [6.07, 6.45) is -4.51. The lowest BCUT2D eigenvalue weighted by atomic mass is 10.1. The van der Waals surface area contributed by atoms with Gasteiger partial charge in [-0.15, -0.1) is 0 Å². The second kappa shape index (κ2) is 5.25. The summed E-state index contributed by atoms with van der Waals surface area (Å²) in [6.45, 7) is 1.78. The Balaban J connectivity index is 2.32. The Labute approximate surface area is 118 Å². The summed E-state index contributed by atoms with van der Waals surface area (Å²) < 4.78 is 43.6. The van der Waals surface area contributed by atoms with Gasteiger partial charge in [0, 0.05) is 10.7 Å². The Morgan fingerprint density at radius 1 is 1.05 bits per heavy atom.